The molecule has 1 aromatic carbocycles. The van der Waals surface area contributed by atoms with Crippen molar-refractivity contribution >= 4 is 22.8 Å². The lowest BCUT2D eigenvalue weighted by Gasteiger charge is -2.12. The second-order valence-corrected chi connectivity index (χ2v) is 4.87. The maximum Gasteiger partial charge on any atom is 0.235 e. The predicted molar refractivity (Wildman–Crippen MR) is 73.3 cm³/mol. The number of aryl methyl sites for hydroxylation is 2. The van der Waals surface area contributed by atoms with E-state index in [0.29, 0.717) is 12.2 Å². The number of aromatic nitrogens is 3. The lowest BCUT2D eigenvalue weighted by Crippen LogP contribution is -2.23. The van der Waals surface area contributed by atoms with Gasteiger partial charge in [0.1, 0.15) is 0 Å². The summed E-state index contributed by atoms with van der Waals surface area (Å²) in [5.74, 6) is -0.391. The quantitative estimate of drug-likeness (QED) is 0.715. The first kappa shape index (κ1) is 12.6. The van der Waals surface area contributed by atoms with Crippen LogP contribution in [0.2, 0.25) is 0 Å². The van der Waals surface area contributed by atoms with Crippen molar-refractivity contribution < 1.29 is 9.90 Å². The molecule has 5 nitrogen and oxygen atoms in total. The van der Waals surface area contributed by atoms with Gasteiger partial charge in [-0.05, 0) is 44.4 Å². The number of fused-ring (bicyclic) bond motifs is 3. The zero-order valence-corrected chi connectivity index (χ0v) is 11.4. The van der Waals surface area contributed by atoms with Crippen LogP contribution in [0.5, 0.6) is 0 Å². The first-order valence-electron chi connectivity index (χ1n) is 6.51. The molecule has 0 unspecified atom stereocenters. The highest BCUT2D eigenvalue weighted by molar-refractivity contribution is 5.80. The molecule has 0 atom stereocenters. The minimum absolute atomic E-state index is 0.00148. The van der Waals surface area contributed by atoms with Gasteiger partial charge in [0, 0.05) is 17.4 Å². The minimum atomic E-state index is -1.04. The van der Waals surface area contributed by atoms with Gasteiger partial charge in [0.25, 0.3) is 0 Å². The molecule has 3 aromatic rings. The van der Waals surface area contributed by atoms with Crippen molar-refractivity contribution in [2.24, 2.45) is 0 Å². The van der Waals surface area contributed by atoms with E-state index in [1.165, 1.54) is 0 Å². The van der Waals surface area contributed by atoms with Crippen LogP contribution < -0.4 is 5.11 Å². The molecule has 0 aliphatic rings. The average molecular weight is 268 g/mol. The van der Waals surface area contributed by atoms with Gasteiger partial charge >= 0.3 is 0 Å². The van der Waals surface area contributed by atoms with Crippen LogP contribution in [0.15, 0.2) is 24.3 Å². The lowest BCUT2D eigenvalue weighted by atomic mass is 10.1. The fourth-order valence-electron chi connectivity index (χ4n) is 2.62. The van der Waals surface area contributed by atoms with E-state index in [9.17, 15) is 9.90 Å². The van der Waals surface area contributed by atoms with Gasteiger partial charge in [0.2, 0.25) is 5.78 Å². The zero-order chi connectivity index (χ0) is 14.3. The Morgan fingerprint density at radius 1 is 1.25 bits per heavy atom. The van der Waals surface area contributed by atoms with Crippen molar-refractivity contribution in [1.82, 2.24) is 14.4 Å². The van der Waals surface area contributed by atoms with Crippen LogP contribution in [0, 0.1) is 13.8 Å². The van der Waals surface area contributed by atoms with Gasteiger partial charge in [-0.25, -0.2) is 9.97 Å². The summed E-state index contributed by atoms with van der Waals surface area (Å²) in [6.07, 6.45) is 0.428. The Bertz CT molecular complexity index is 821. The number of hydrogen-bond acceptors (Lipinski definition) is 4. The SMILES string of the molecule is Cc1nc2nc3ccccc3n2c(C)c1CCC(=O)[O-]. The van der Waals surface area contributed by atoms with E-state index in [0.717, 1.165) is 28.0 Å². The van der Waals surface area contributed by atoms with Crippen LogP contribution in [-0.2, 0) is 11.2 Å². The molecule has 0 aliphatic heterocycles. The summed E-state index contributed by atoms with van der Waals surface area (Å²) in [6, 6.07) is 7.83. The Labute approximate surface area is 115 Å². The van der Waals surface area contributed by atoms with Crippen LogP contribution in [0.4, 0.5) is 0 Å². The molecule has 102 valence electrons. The molecule has 0 spiro atoms. The molecule has 0 fully saturated rings. The topological polar surface area (TPSA) is 70.3 Å². The van der Waals surface area contributed by atoms with Crippen molar-refractivity contribution in [2.75, 3.05) is 0 Å². The number of rotatable bonds is 3. The summed E-state index contributed by atoms with van der Waals surface area (Å²) in [4.78, 5) is 19.7. The Kier molecular flexibility index (Phi) is 2.89. The van der Waals surface area contributed by atoms with Crippen molar-refractivity contribution in [3.63, 3.8) is 0 Å². The number of aliphatic carboxylic acids is 1. The number of carboxylic acids is 1. The van der Waals surface area contributed by atoms with Crippen molar-refractivity contribution in [1.29, 1.82) is 0 Å². The van der Waals surface area contributed by atoms with Crippen LogP contribution in [-0.4, -0.2) is 20.3 Å². The second kappa shape index (κ2) is 4.59. The van der Waals surface area contributed by atoms with Crippen LogP contribution in [0.3, 0.4) is 0 Å². The fourth-order valence-corrected chi connectivity index (χ4v) is 2.62. The Balaban J connectivity index is 2.26. The van der Waals surface area contributed by atoms with Gasteiger partial charge in [-0.15, -0.1) is 0 Å². The first-order valence-corrected chi connectivity index (χ1v) is 6.51. The molecule has 5 heteroatoms. The summed E-state index contributed by atoms with van der Waals surface area (Å²) < 4.78 is 1.98. The van der Waals surface area contributed by atoms with Gasteiger partial charge in [0.15, 0.2) is 0 Å². The van der Waals surface area contributed by atoms with Crippen molar-refractivity contribution in [3.05, 3.63) is 41.2 Å². The molecule has 0 bridgehead atoms. The van der Waals surface area contributed by atoms with Gasteiger partial charge in [-0.1, -0.05) is 12.1 Å². The number of benzene rings is 1. The summed E-state index contributed by atoms with van der Waals surface area (Å²) in [7, 11) is 0. The smallest absolute Gasteiger partial charge is 0.235 e. The number of nitrogens with zero attached hydrogens (tertiary/aromatic N) is 3. The summed E-state index contributed by atoms with van der Waals surface area (Å²) in [5, 5.41) is 10.7. The minimum Gasteiger partial charge on any atom is -0.550 e. The Hall–Kier alpha value is -2.43. The van der Waals surface area contributed by atoms with Crippen molar-refractivity contribution in [2.45, 2.75) is 26.7 Å². The number of carboxylic acid groups (broad SMARTS) is 1. The zero-order valence-electron chi connectivity index (χ0n) is 11.4. The van der Waals surface area contributed by atoms with Crippen LogP contribution in [0.25, 0.3) is 16.8 Å². The third-order valence-corrected chi connectivity index (χ3v) is 3.60. The molecule has 0 aliphatic carbocycles. The number of hydrogen-bond donors (Lipinski definition) is 0. The number of carbonyl (C=O) groups is 1. The highest BCUT2D eigenvalue weighted by atomic mass is 16.4. The second-order valence-electron chi connectivity index (χ2n) is 4.87. The highest BCUT2D eigenvalue weighted by Crippen LogP contribution is 2.21. The maximum absolute atomic E-state index is 10.7. The summed E-state index contributed by atoms with van der Waals surface area (Å²) in [5.41, 5.74) is 4.64. The standard InChI is InChI=1S/C15H15N3O2/c1-9-11(7-8-14(19)20)10(2)18-13-6-4-3-5-12(13)17-15(18)16-9/h3-6H,7-8H2,1-2H3,(H,19,20)/p-1. The van der Waals surface area contributed by atoms with Gasteiger partial charge < -0.3 is 9.90 Å². The molecule has 2 heterocycles. The molecule has 0 saturated carbocycles. The summed E-state index contributed by atoms with van der Waals surface area (Å²) >= 11 is 0. The van der Waals surface area contributed by atoms with E-state index in [1.807, 2.05) is 42.5 Å². The third kappa shape index (κ3) is 1.91. The molecular weight excluding hydrogens is 254 g/mol. The maximum atomic E-state index is 10.7. The van der Waals surface area contributed by atoms with Gasteiger partial charge in [0.05, 0.1) is 11.0 Å². The Morgan fingerprint density at radius 2 is 2.00 bits per heavy atom. The first-order chi connectivity index (χ1) is 9.58. The predicted octanol–water partition coefficient (Wildman–Crippen LogP) is 1.18. The van der Waals surface area contributed by atoms with E-state index < -0.39 is 5.97 Å². The normalized spacial score (nSPS) is 11.3. The molecule has 0 radical (unpaired) electrons. The largest absolute Gasteiger partial charge is 0.550 e. The van der Waals surface area contributed by atoms with Crippen LogP contribution >= 0.6 is 0 Å². The van der Waals surface area contributed by atoms with E-state index in [-0.39, 0.29) is 6.42 Å². The fraction of sp³-hybridized carbons (Fsp3) is 0.267. The van der Waals surface area contributed by atoms with Gasteiger partial charge in [-0.2, -0.15) is 0 Å². The van der Waals surface area contributed by atoms with E-state index >= 15 is 0 Å². The highest BCUT2D eigenvalue weighted by Gasteiger charge is 2.13. The molecule has 0 amide bonds. The number of imidazole rings is 1. The average Bonchev–Trinajstić information content (AvgIpc) is 2.75. The molecular formula is C15H14N3O2-. The third-order valence-electron chi connectivity index (χ3n) is 3.60. The number of para-hydroxylation sites is 2. The Morgan fingerprint density at radius 3 is 2.75 bits per heavy atom. The van der Waals surface area contributed by atoms with E-state index in [1.54, 1.807) is 0 Å². The number of carbonyl (C=O) groups excluding carboxylic acids is 1. The van der Waals surface area contributed by atoms with Crippen LogP contribution in [0.1, 0.15) is 23.4 Å². The molecule has 0 N–H and O–H groups in total. The van der Waals surface area contributed by atoms with Gasteiger partial charge in [-0.3, -0.25) is 4.40 Å². The lowest BCUT2D eigenvalue weighted by molar-refractivity contribution is -0.305. The van der Waals surface area contributed by atoms with E-state index in [4.69, 9.17) is 0 Å². The monoisotopic (exact) mass is 268 g/mol. The molecule has 0 saturated heterocycles. The van der Waals surface area contributed by atoms with E-state index in [2.05, 4.69) is 9.97 Å². The molecule has 3 rings (SSSR count). The molecule has 20 heavy (non-hydrogen) atoms. The van der Waals surface area contributed by atoms with Crippen molar-refractivity contribution in [3.8, 4) is 0 Å². The summed E-state index contributed by atoms with van der Waals surface area (Å²) in [6.45, 7) is 3.86. The molecule has 2 aromatic heterocycles.